The molecule has 0 saturated heterocycles. The Labute approximate surface area is 75.5 Å². The van der Waals surface area contributed by atoms with E-state index in [1.165, 1.54) is 38.5 Å². The summed E-state index contributed by atoms with van der Waals surface area (Å²) in [5, 5.41) is 0. The highest BCUT2D eigenvalue weighted by molar-refractivity contribution is 5.78. The second-order valence-corrected chi connectivity index (χ2v) is 3.87. The molecule has 1 rings (SSSR count). The molecule has 0 unspecified atom stereocenters. The highest BCUT2D eigenvalue weighted by Crippen LogP contribution is 2.14. The molecule has 0 aromatic heterocycles. The fraction of sp³-hybridized carbons (Fsp3) is 0.909. The van der Waals surface area contributed by atoms with Gasteiger partial charge in [0, 0.05) is 12.8 Å². The smallest absolute Gasteiger partial charge is 0.132 e. The highest BCUT2D eigenvalue weighted by atomic mass is 16.1. The van der Waals surface area contributed by atoms with Crippen molar-refractivity contribution in [3.05, 3.63) is 0 Å². The van der Waals surface area contributed by atoms with Crippen molar-refractivity contribution in [1.29, 1.82) is 0 Å². The Morgan fingerprint density at radius 2 is 0.917 bits per heavy atom. The van der Waals surface area contributed by atoms with E-state index in [0.717, 1.165) is 25.7 Å². The van der Waals surface area contributed by atoms with Crippen LogP contribution < -0.4 is 0 Å². The summed E-state index contributed by atoms with van der Waals surface area (Å²) in [6.07, 6.45) is 12.0. The summed E-state index contributed by atoms with van der Waals surface area (Å²) >= 11 is 0. The third-order valence-corrected chi connectivity index (χ3v) is 2.66. The van der Waals surface area contributed by atoms with Gasteiger partial charge in [-0.1, -0.05) is 38.5 Å². The summed E-state index contributed by atoms with van der Waals surface area (Å²) in [5.41, 5.74) is 0. The van der Waals surface area contributed by atoms with Gasteiger partial charge in [0.05, 0.1) is 0 Å². The van der Waals surface area contributed by atoms with Crippen molar-refractivity contribution in [2.24, 2.45) is 0 Å². The van der Waals surface area contributed by atoms with Gasteiger partial charge >= 0.3 is 0 Å². The molecule has 1 fully saturated rings. The topological polar surface area (TPSA) is 17.1 Å². The molecular formula is C11H20O. The number of hydrogen-bond acceptors (Lipinski definition) is 1. The van der Waals surface area contributed by atoms with Gasteiger partial charge in [-0.15, -0.1) is 0 Å². The predicted octanol–water partition coefficient (Wildman–Crippen LogP) is 3.47. The molecule has 1 nitrogen and oxygen atoms in total. The molecule has 0 heterocycles. The van der Waals surface area contributed by atoms with Crippen LogP contribution in [0.25, 0.3) is 0 Å². The molecule has 0 atom stereocenters. The summed E-state index contributed by atoms with van der Waals surface area (Å²) in [6, 6.07) is 0. The molecule has 0 bridgehead atoms. The average Bonchev–Trinajstić information content (AvgIpc) is 2.11. The van der Waals surface area contributed by atoms with Crippen molar-refractivity contribution >= 4 is 5.78 Å². The van der Waals surface area contributed by atoms with Crippen LogP contribution in [0.5, 0.6) is 0 Å². The summed E-state index contributed by atoms with van der Waals surface area (Å²) < 4.78 is 0. The standard InChI is InChI=1S/C11H20O/c12-11-9-7-5-3-1-2-4-6-8-10-11/h1-10H2. The molecule has 0 aliphatic heterocycles. The Morgan fingerprint density at radius 1 is 0.583 bits per heavy atom. The minimum absolute atomic E-state index is 0.497. The number of rotatable bonds is 0. The molecule has 0 aromatic rings. The summed E-state index contributed by atoms with van der Waals surface area (Å²) in [6.45, 7) is 0. The number of carbonyl (C=O) groups is 1. The lowest BCUT2D eigenvalue weighted by Gasteiger charge is -1.97. The molecule has 1 saturated carbocycles. The van der Waals surface area contributed by atoms with Gasteiger partial charge in [-0.2, -0.15) is 0 Å². The summed E-state index contributed by atoms with van der Waals surface area (Å²) in [4.78, 5) is 11.2. The van der Waals surface area contributed by atoms with Crippen LogP contribution in [0.2, 0.25) is 0 Å². The number of hydrogen-bond donors (Lipinski definition) is 0. The molecule has 1 heteroatoms. The molecule has 0 spiro atoms. The van der Waals surface area contributed by atoms with Crippen LogP contribution in [0.15, 0.2) is 0 Å². The van der Waals surface area contributed by atoms with E-state index in [2.05, 4.69) is 0 Å². The molecular weight excluding hydrogens is 148 g/mol. The molecule has 0 aromatic carbocycles. The van der Waals surface area contributed by atoms with Crippen molar-refractivity contribution in [2.45, 2.75) is 64.2 Å². The number of carbonyl (C=O) groups excluding carboxylic acids is 1. The van der Waals surface area contributed by atoms with Gasteiger partial charge in [-0.25, -0.2) is 0 Å². The predicted molar refractivity (Wildman–Crippen MR) is 51.2 cm³/mol. The van der Waals surface area contributed by atoms with E-state index in [1.54, 1.807) is 0 Å². The first kappa shape index (κ1) is 9.76. The van der Waals surface area contributed by atoms with E-state index >= 15 is 0 Å². The Morgan fingerprint density at radius 3 is 1.33 bits per heavy atom. The molecule has 1 aliphatic rings. The molecule has 12 heavy (non-hydrogen) atoms. The van der Waals surface area contributed by atoms with E-state index in [9.17, 15) is 4.79 Å². The zero-order valence-electron chi connectivity index (χ0n) is 7.98. The van der Waals surface area contributed by atoms with Crippen LogP contribution >= 0.6 is 0 Å². The van der Waals surface area contributed by atoms with Crippen LogP contribution in [0, 0.1) is 0 Å². The first-order valence-electron chi connectivity index (χ1n) is 5.41. The van der Waals surface area contributed by atoms with Crippen LogP contribution in [-0.2, 0) is 4.79 Å². The van der Waals surface area contributed by atoms with E-state index < -0.39 is 0 Å². The maximum atomic E-state index is 11.2. The lowest BCUT2D eigenvalue weighted by atomic mass is 10.1. The van der Waals surface area contributed by atoms with E-state index in [4.69, 9.17) is 0 Å². The number of Topliss-reactive ketones (excluding diaryl/α,β-unsaturated/α-hetero) is 1. The summed E-state index contributed by atoms with van der Waals surface area (Å²) in [5.74, 6) is 0.497. The minimum atomic E-state index is 0.497. The second-order valence-electron chi connectivity index (χ2n) is 3.87. The van der Waals surface area contributed by atoms with Gasteiger partial charge in [-0.05, 0) is 12.8 Å². The Balaban J connectivity index is 2.17. The Hall–Kier alpha value is -0.330. The third-order valence-electron chi connectivity index (χ3n) is 2.66. The monoisotopic (exact) mass is 168 g/mol. The highest BCUT2D eigenvalue weighted by Gasteiger charge is 2.03. The van der Waals surface area contributed by atoms with Gasteiger partial charge in [0.15, 0.2) is 0 Å². The fourth-order valence-electron chi connectivity index (χ4n) is 1.83. The normalized spacial score (nSPS) is 23.2. The SMILES string of the molecule is O=C1CCCCCCCCCC1. The van der Waals surface area contributed by atoms with Crippen molar-refractivity contribution in [2.75, 3.05) is 0 Å². The van der Waals surface area contributed by atoms with Gasteiger partial charge in [-0.3, -0.25) is 4.79 Å². The maximum absolute atomic E-state index is 11.2. The maximum Gasteiger partial charge on any atom is 0.132 e. The largest absolute Gasteiger partial charge is 0.300 e. The van der Waals surface area contributed by atoms with Crippen molar-refractivity contribution < 1.29 is 4.79 Å². The second kappa shape index (κ2) is 6.22. The van der Waals surface area contributed by atoms with E-state index in [-0.39, 0.29) is 0 Å². The Kier molecular flexibility index (Phi) is 5.05. The molecule has 70 valence electrons. The molecule has 1 aliphatic carbocycles. The van der Waals surface area contributed by atoms with Gasteiger partial charge in [0.25, 0.3) is 0 Å². The lowest BCUT2D eigenvalue weighted by Crippen LogP contribution is -1.96. The van der Waals surface area contributed by atoms with E-state index in [1.807, 2.05) is 0 Å². The van der Waals surface area contributed by atoms with Gasteiger partial charge in [0.1, 0.15) is 5.78 Å². The molecule has 0 radical (unpaired) electrons. The summed E-state index contributed by atoms with van der Waals surface area (Å²) in [7, 11) is 0. The molecule has 0 N–H and O–H groups in total. The van der Waals surface area contributed by atoms with Crippen LogP contribution in [0.1, 0.15) is 64.2 Å². The lowest BCUT2D eigenvalue weighted by molar-refractivity contribution is -0.119. The first-order chi connectivity index (χ1) is 5.89. The number of ketones is 1. The third kappa shape index (κ3) is 4.53. The van der Waals surface area contributed by atoms with Crippen molar-refractivity contribution in [1.82, 2.24) is 0 Å². The average molecular weight is 168 g/mol. The zero-order chi connectivity index (χ0) is 8.65. The van der Waals surface area contributed by atoms with E-state index in [0.29, 0.717) is 5.78 Å². The molecule has 0 amide bonds. The van der Waals surface area contributed by atoms with Gasteiger partial charge in [0.2, 0.25) is 0 Å². The Bertz CT molecular complexity index is 115. The first-order valence-corrected chi connectivity index (χ1v) is 5.41. The quantitative estimate of drug-likeness (QED) is 0.541. The van der Waals surface area contributed by atoms with Crippen LogP contribution in [0.4, 0.5) is 0 Å². The minimum Gasteiger partial charge on any atom is -0.300 e. The zero-order valence-corrected chi connectivity index (χ0v) is 7.98. The van der Waals surface area contributed by atoms with Crippen LogP contribution in [0.3, 0.4) is 0 Å². The van der Waals surface area contributed by atoms with Crippen LogP contribution in [-0.4, -0.2) is 5.78 Å². The fourth-order valence-corrected chi connectivity index (χ4v) is 1.83. The van der Waals surface area contributed by atoms with Crippen molar-refractivity contribution in [3.8, 4) is 0 Å². The van der Waals surface area contributed by atoms with Crippen molar-refractivity contribution in [3.63, 3.8) is 0 Å². The van der Waals surface area contributed by atoms with Gasteiger partial charge < -0.3 is 0 Å².